The number of rotatable bonds is 1. The van der Waals surface area contributed by atoms with Gasteiger partial charge in [-0.05, 0) is 43.6 Å². The number of hydrogen-bond acceptors (Lipinski definition) is 2. The predicted molar refractivity (Wildman–Crippen MR) is 70.8 cm³/mol. The molecular formula is C13H12F2N2OS. The zero-order chi connectivity index (χ0) is 13.6. The Morgan fingerprint density at radius 1 is 1.16 bits per heavy atom. The SMILES string of the molecule is O=C1[C@@H]2CCCCN2C(=S)N1c1cc(F)cc(F)c1. The number of carbonyl (C=O) groups is 1. The van der Waals surface area contributed by atoms with Crippen molar-refractivity contribution in [1.82, 2.24) is 4.90 Å². The van der Waals surface area contributed by atoms with Crippen LogP contribution in [0.4, 0.5) is 14.5 Å². The van der Waals surface area contributed by atoms with Crippen molar-refractivity contribution in [2.75, 3.05) is 11.4 Å². The number of amides is 1. The minimum absolute atomic E-state index is 0.168. The highest BCUT2D eigenvalue weighted by Crippen LogP contribution is 2.31. The van der Waals surface area contributed by atoms with Gasteiger partial charge in [-0.25, -0.2) is 8.78 Å². The molecular weight excluding hydrogens is 270 g/mol. The summed E-state index contributed by atoms with van der Waals surface area (Å²) in [5.41, 5.74) is 0.168. The molecule has 0 aliphatic carbocycles. The van der Waals surface area contributed by atoms with Gasteiger partial charge in [0.05, 0.1) is 5.69 Å². The first-order chi connectivity index (χ1) is 9.08. The van der Waals surface area contributed by atoms with Crippen LogP contribution in [0.5, 0.6) is 0 Å². The third kappa shape index (κ3) is 2.00. The lowest BCUT2D eigenvalue weighted by atomic mass is 10.0. The number of fused-ring (bicyclic) bond motifs is 1. The molecule has 0 aromatic heterocycles. The van der Waals surface area contributed by atoms with Gasteiger partial charge in [-0.1, -0.05) is 0 Å². The number of anilines is 1. The first kappa shape index (κ1) is 12.5. The maximum atomic E-state index is 13.3. The van der Waals surface area contributed by atoms with Crippen molar-refractivity contribution in [3.8, 4) is 0 Å². The van der Waals surface area contributed by atoms with E-state index in [2.05, 4.69) is 0 Å². The Kier molecular flexibility index (Phi) is 2.97. The smallest absolute Gasteiger partial charge is 0.256 e. The monoisotopic (exact) mass is 282 g/mol. The Morgan fingerprint density at radius 3 is 2.47 bits per heavy atom. The summed E-state index contributed by atoms with van der Waals surface area (Å²) >= 11 is 5.27. The normalized spacial score (nSPS) is 22.9. The molecule has 0 saturated carbocycles. The first-order valence-electron chi connectivity index (χ1n) is 6.18. The first-order valence-corrected chi connectivity index (χ1v) is 6.59. The molecule has 1 atom stereocenters. The number of thiocarbonyl (C=S) groups is 1. The van der Waals surface area contributed by atoms with Crippen LogP contribution in [0.3, 0.4) is 0 Å². The lowest BCUT2D eigenvalue weighted by Crippen LogP contribution is -2.38. The lowest BCUT2D eigenvalue weighted by Gasteiger charge is -2.27. The van der Waals surface area contributed by atoms with E-state index in [1.165, 1.54) is 4.90 Å². The van der Waals surface area contributed by atoms with E-state index in [0.717, 1.165) is 44.0 Å². The lowest BCUT2D eigenvalue weighted by molar-refractivity contribution is -0.120. The molecule has 1 aromatic carbocycles. The van der Waals surface area contributed by atoms with E-state index in [0.29, 0.717) is 5.11 Å². The summed E-state index contributed by atoms with van der Waals surface area (Å²) < 4.78 is 26.5. The van der Waals surface area contributed by atoms with E-state index in [1.807, 2.05) is 4.90 Å². The summed E-state index contributed by atoms with van der Waals surface area (Å²) in [6, 6.07) is 2.77. The van der Waals surface area contributed by atoms with E-state index < -0.39 is 11.6 Å². The van der Waals surface area contributed by atoms with Gasteiger partial charge in [-0.3, -0.25) is 9.69 Å². The number of hydrogen-bond donors (Lipinski definition) is 0. The second-order valence-electron chi connectivity index (χ2n) is 4.79. The minimum Gasteiger partial charge on any atom is -0.336 e. The molecule has 2 saturated heterocycles. The fourth-order valence-corrected chi connectivity index (χ4v) is 3.11. The number of piperidine rings is 1. The summed E-state index contributed by atoms with van der Waals surface area (Å²) in [5.74, 6) is -1.61. The van der Waals surface area contributed by atoms with Crippen LogP contribution in [-0.2, 0) is 4.79 Å². The Bertz CT molecular complexity index is 519. The molecule has 6 heteroatoms. The highest BCUT2D eigenvalue weighted by molar-refractivity contribution is 7.80. The number of benzene rings is 1. The second kappa shape index (κ2) is 4.52. The van der Waals surface area contributed by atoms with Crippen LogP contribution >= 0.6 is 12.2 Å². The third-order valence-electron chi connectivity index (χ3n) is 3.55. The molecule has 19 heavy (non-hydrogen) atoms. The van der Waals surface area contributed by atoms with Crippen molar-refractivity contribution in [3.63, 3.8) is 0 Å². The summed E-state index contributed by atoms with van der Waals surface area (Å²) in [6.07, 6.45) is 2.70. The number of nitrogens with zero attached hydrogens (tertiary/aromatic N) is 2. The van der Waals surface area contributed by atoms with E-state index in [1.54, 1.807) is 0 Å². The quantitative estimate of drug-likeness (QED) is 0.739. The minimum atomic E-state index is -0.713. The highest BCUT2D eigenvalue weighted by atomic mass is 32.1. The van der Waals surface area contributed by atoms with E-state index >= 15 is 0 Å². The van der Waals surface area contributed by atoms with Crippen LogP contribution in [-0.4, -0.2) is 28.5 Å². The molecule has 0 bridgehead atoms. The highest BCUT2D eigenvalue weighted by Gasteiger charge is 2.44. The summed E-state index contributed by atoms with van der Waals surface area (Å²) in [6.45, 7) is 0.726. The average Bonchev–Trinajstić information content (AvgIpc) is 2.61. The topological polar surface area (TPSA) is 23.6 Å². The summed E-state index contributed by atoms with van der Waals surface area (Å²) in [7, 11) is 0. The van der Waals surface area contributed by atoms with Crippen LogP contribution < -0.4 is 4.90 Å². The number of carbonyl (C=O) groups excluding carboxylic acids is 1. The predicted octanol–water partition coefficient (Wildman–Crippen LogP) is 2.45. The molecule has 0 radical (unpaired) electrons. The van der Waals surface area contributed by atoms with Crippen LogP contribution in [0, 0.1) is 11.6 Å². The summed E-state index contributed by atoms with van der Waals surface area (Å²) in [5, 5.41) is 0.347. The van der Waals surface area contributed by atoms with Crippen molar-refractivity contribution >= 4 is 28.9 Å². The second-order valence-corrected chi connectivity index (χ2v) is 5.15. The van der Waals surface area contributed by atoms with Crippen LogP contribution in [0.25, 0.3) is 0 Å². The molecule has 100 valence electrons. The Labute approximate surface area is 114 Å². The maximum absolute atomic E-state index is 13.3. The molecule has 2 fully saturated rings. The van der Waals surface area contributed by atoms with Gasteiger partial charge in [0.1, 0.15) is 17.7 Å². The average molecular weight is 282 g/mol. The molecule has 1 aromatic rings. The van der Waals surface area contributed by atoms with Crippen molar-refractivity contribution in [1.29, 1.82) is 0 Å². The van der Waals surface area contributed by atoms with E-state index in [-0.39, 0.29) is 17.6 Å². The fourth-order valence-electron chi connectivity index (χ4n) is 2.70. The molecule has 3 nitrogen and oxygen atoms in total. The standard InChI is InChI=1S/C13H12F2N2OS/c14-8-5-9(15)7-10(6-8)17-12(18)11-3-1-2-4-16(11)13(17)19/h5-7,11H,1-4H2/t11-/m0/s1. The maximum Gasteiger partial charge on any atom is 0.256 e. The van der Waals surface area contributed by atoms with Gasteiger partial charge >= 0.3 is 0 Å². The van der Waals surface area contributed by atoms with Crippen molar-refractivity contribution < 1.29 is 13.6 Å². The van der Waals surface area contributed by atoms with Gasteiger partial charge in [0.15, 0.2) is 5.11 Å². The van der Waals surface area contributed by atoms with Crippen LogP contribution in [0.2, 0.25) is 0 Å². The Morgan fingerprint density at radius 2 is 1.84 bits per heavy atom. The molecule has 0 spiro atoms. The number of halogens is 2. The zero-order valence-electron chi connectivity index (χ0n) is 10.1. The van der Waals surface area contributed by atoms with Gasteiger partial charge in [0.2, 0.25) is 0 Å². The molecule has 3 rings (SSSR count). The molecule has 2 aliphatic rings. The van der Waals surface area contributed by atoms with Gasteiger partial charge in [0, 0.05) is 12.6 Å². The molecule has 0 N–H and O–H groups in total. The van der Waals surface area contributed by atoms with E-state index in [9.17, 15) is 13.6 Å². The molecule has 2 aliphatic heterocycles. The van der Waals surface area contributed by atoms with Gasteiger partial charge in [-0.15, -0.1) is 0 Å². The van der Waals surface area contributed by atoms with Crippen LogP contribution in [0.15, 0.2) is 18.2 Å². The van der Waals surface area contributed by atoms with E-state index in [4.69, 9.17) is 12.2 Å². The molecule has 2 heterocycles. The zero-order valence-corrected chi connectivity index (χ0v) is 10.9. The molecule has 0 unspecified atom stereocenters. The van der Waals surface area contributed by atoms with Gasteiger partial charge < -0.3 is 4.90 Å². The molecule has 1 amide bonds. The Hall–Kier alpha value is -1.56. The third-order valence-corrected chi connectivity index (χ3v) is 3.97. The van der Waals surface area contributed by atoms with Crippen molar-refractivity contribution in [2.45, 2.75) is 25.3 Å². The van der Waals surface area contributed by atoms with Crippen molar-refractivity contribution in [3.05, 3.63) is 29.8 Å². The van der Waals surface area contributed by atoms with Crippen molar-refractivity contribution in [2.24, 2.45) is 0 Å². The van der Waals surface area contributed by atoms with Gasteiger partial charge in [-0.2, -0.15) is 0 Å². The largest absolute Gasteiger partial charge is 0.336 e. The fraction of sp³-hybridized carbons (Fsp3) is 0.385. The summed E-state index contributed by atoms with van der Waals surface area (Å²) in [4.78, 5) is 15.4. The van der Waals surface area contributed by atoms with Crippen LogP contribution in [0.1, 0.15) is 19.3 Å². The Balaban J connectivity index is 2.00. The van der Waals surface area contributed by atoms with Gasteiger partial charge in [0.25, 0.3) is 5.91 Å².